The van der Waals surface area contributed by atoms with Crippen LogP contribution in [-0.4, -0.2) is 21.7 Å². The summed E-state index contributed by atoms with van der Waals surface area (Å²) in [6.45, 7) is 4.01. The van der Waals surface area contributed by atoms with Crippen LogP contribution in [0.5, 0.6) is 0 Å². The molecule has 0 unspecified atom stereocenters. The van der Waals surface area contributed by atoms with Gasteiger partial charge in [-0.05, 0) is 32.2 Å². The summed E-state index contributed by atoms with van der Waals surface area (Å²) < 4.78 is 2.02. The smallest absolute Gasteiger partial charge is 0.0670 e. The molecule has 17 heavy (non-hydrogen) atoms. The second-order valence-corrected chi connectivity index (χ2v) is 4.69. The van der Waals surface area contributed by atoms with Crippen LogP contribution in [0.4, 0.5) is 5.69 Å². The van der Waals surface area contributed by atoms with E-state index in [1.54, 1.807) is 0 Å². The van der Waals surface area contributed by atoms with Crippen molar-refractivity contribution >= 4 is 5.69 Å². The zero-order valence-corrected chi connectivity index (χ0v) is 10.1. The van der Waals surface area contributed by atoms with E-state index >= 15 is 0 Å². The number of rotatable bonds is 1. The number of hydrogen-bond acceptors (Lipinski definition) is 3. The van der Waals surface area contributed by atoms with Gasteiger partial charge in [0, 0.05) is 24.3 Å². The van der Waals surface area contributed by atoms with Gasteiger partial charge in [0.1, 0.15) is 0 Å². The highest BCUT2D eigenvalue weighted by molar-refractivity contribution is 5.49. The van der Waals surface area contributed by atoms with E-state index < -0.39 is 0 Å². The van der Waals surface area contributed by atoms with Crippen LogP contribution >= 0.6 is 0 Å². The zero-order valence-electron chi connectivity index (χ0n) is 10.1. The fraction of sp³-hybridized carbons (Fsp3) is 0.308. The van der Waals surface area contributed by atoms with E-state index in [-0.39, 0.29) is 0 Å². The van der Waals surface area contributed by atoms with Gasteiger partial charge in [0.25, 0.3) is 0 Å². The highest BCUT2D eigenvalue weighted by Crippen LogP contribution is 2.27. The predicted molar refractivity (Wildman–Crippen MR) is 67.9 cm³/mol. The number of nitrogens with two attached hydrogens (primary N) is 1. The lowest BCUT2D eigenvalue weighted by atomic mass is 10.2. The molecule has 1 aliphatic rings. The average molecular weight is 228 g/mol. The number of anilines is 1. The average Bonchev–Trinajstić information content (AvgIpc) is 2.79. The summed E-state index contributed by atoms with van der Waals surface area (Å²) in [7, 11) is 2.13. The number of nitrogen functional groups attached to an aromatic ring is 1. The fourth-order valence-corrected chi connectivity index (χ4v) is 2.43. The molecule has 2 aromatic rings. The number of benzene rings is 1. The van der Waals surface area contributed by atoms with Gasteiger partial charge in [0.15, 0.2) is 0 Å². The van der Waals surface area contributed by atoms with E-state index in [1.807, 2.05) is 28.9 Å². The van der Waals surface area contributed by atoms with Crippen molar-refractivity contribution in [2.75, 3.05) is 12.8 Å². The zero-order chi connectivity index (χ0) is 12.0. The Morgan fingerprint density at radius 1 is 1.29 bits per heavy atom. The van der Waals surface area contributed by atoms with Gasteiger partial charge < -0.3 is 5.73 Å². The fourth-order valence-electron chi connectivity index (χ4n) is 2.43. The summed E-state index contributed by atoms with van der Waals surface area (Å²) in [5.41, 5.74) is 11.4. The lowest BCUT2D eigenvalue weighted by Gasteiger charge is -2.09. The van der Waals surface area contributed by atoms with Crippen LogP contribution in [-0.2, 0) is 13.1 Å². The van der Waals surface area contributed by atoms with Crippen molar-refractivity contribution in [3.8, 4) is 5.69 Å². The third-order valence-electron chi connectivity index (χ3n) is 3.25. The molecule has 0 saturated heterocycles. The molecule has 2 N–H and O–H groups in total. The first-order chi connectivity index (χ1) is 8.15. The van der Waals surface area contributed by atoms with Gasteiger partial charge in [0.05, 0.1) is 17.1 Å². The van der Waals surface area contributed by atoms with Crippen molar-refractivity contribution < 1.29 is 0 Å². The molecule has 4 heteroatoms. The normalized spacial score (nSPS) is 15.2. The molecule has 0 amide bonds. The summed E-state index contributed by atoms with van der Waals surface area (Å²) in [5.74, 6) is 0. The highest BCUT2D eigenvalue weighted by Gasteiger charge is 2.24. The molecule has 88 valence electrons. The number of aryl methyl sites for hydroxylation is 1. The van der Waals surface area contributed by atoms with Crippen molar-refractivity contribution in [3.05, 3.63) is 41.2 Å². The molecular formula is C13H16N4. The summed E-state index contributed by atoms with van der Waals surface area (Å²) >= 11 is 0. The Hall–Kier alpha value is -1.81. The Labute approximate surface area is 101 Å². The number of fused-ring (bicyclic) bond motifs is 1. The maximum Gasteiger partial charge on any atom is 0.0670 e. The van der Waals surface area contributed by atoms with Crippen LogP contribution in [0.2, 0.25) is 0 Å². The van der Waals surface area contributed by atoms with Crippen LogP contribution in [0.1, 0.15) is 17.0 Å². The Balaban J connectivity index is 2.14. The quantitative estimate of drug-likeness (QED) is 0.756. The van der Waals surface area contributed by atoms with Crippen molar-refractivity contribution in [1.82, 2.24) is 14.7 Å². The largest absolute Gasteiger partial charge is 0.399 e. The van der Waals surface area contributed by atoms with E-state index in [9.17, 15) is 0 Å². The summed E-state index contributed by atoms with van der Waals surface area (Å²) in [6.07, 6.45) is 0. The maximum absolute atomic E-state index is 5.82. The van der Waals surface area contributed by atoms with E-state index in [0.29, 0.717) is 0 Å². The van der Waals surface area contributed by atoms with Crippen LogP contribution in [0.3, 0.4) is 0 Å². The van der Waals surface area contributed by atoms with Crippen LogP contribution in [0.15, 0.2) is 24.3 Å². The Morgan fingerprint density at radius 2 is 2.12 bits per heavy atom. The molecule has 0 bridgehead atoms. The van der Waals surface area contributed by atoms with Gasteiger partial charge in [-0.3, -0.25) is 4.90 Å². The molecule has 3 rings (SSSR count). The Kier molecular flexibility index (Phi) is 2.19. The van der Waals surface area contributed by atoms with Crippen molar-refractivity contribution in [2.45, 2.75) is 20.0 Å². The third kappa shape index (κ3) is 1.61. The van der Waals surface area contributed by atoms with E-state index in [0.717, 1.165) is 30.2 Å². The van der Waals surface area contributed by atoms with Gasteiger partial charge >= 0.3 is 0 Å². The second-order valence-electron chi connectivity index (χ2n) is 4.69. The van der Waals surface area contributed by atoms with Gasteiger partial charge in [-0.15, -0.1) is 0 Å². The molecular weight excluding hydrogens is 212 g/mol. The van der Waals surface area contributed by atoms with Crippen LogP contribution in [0.25, 0.3) is 5.69 Å². The summed E-state index contributed by atoms with van der Waals surface area (Å²) in [4.78, 5) is 2.29. The molecule has 0 aliphatic carbocycles. The topological polar surface area (TPSA) is 47.1 Å². The Bertz CT molecular complexity index is 571. The number of hydrogen-bond donors (Lipinski definition) is 1. The maximum atomic E-state index is 5.82. The van der Waals surface area contributed by atoms with Gasteiger partial charge in [-0.2, -0.15) is 5.10 Å². The third-order valence-corrected chi connectivity index (χ3v) is 3.25. The second kappa shape index (κ2) is 3.60. The highest BCUT2D eigenvalue weighted by atomic mass is 15.3. The van der Waals surface area contributed by atoms with Crippen molar-refractivity contribution in [3.63, 3.8) is 0 Å². The molecule has 0 radical (unpaired) electrons. The van der Waals surface area contributed by atoms with Gasteiger partial charge in [-0.1, -0.05) is 6.07 Å². The SMILES string of the molecule is Cc1nn(-c2cccc(N)c2)c2c1CN(C)C2. The Morgan fingerprint density at radius 3 is 2.88 bits per heavy atom. The first-order valence-corrected chi connectivity index (χ1v) is 5.77. The molecule has 0 atom stereocenters. The number of aromatic nitrogens is 2. The molecule has 1 aromatic carbocycles. The first-order valence-electron chi connectivity index (χ1n) is 5.77. The monoisotopic (exact) mass is 228 g/mol. The van der Waals surface area contributed by atoms with Crippen LogP contribution in [0, 0.1) is 6.92 Å². The van der Waals surface area contributed by atoms with Crippen LogP contribution < -0.4 is 5.73 Å². The minimum atomic E-state index is 0.774. The standard InChI is InChI=1S/C13H16N4/c1-9-12-7-16(2)8-13(12)17(15-9)11-5-3-4-10(14)6-11/h3-6H,7-8,14H2,1-2H3. The molecule has 2 heterocycles. The minimum Gasteiger partial charge on any atom is -0.399 e. The first kappa shape index (κ1) is 10.4. The van der Waals surface area contributed by atoms with Crippen molar-refractivity contribution in [2.24, 2.45) is 0 Å². The van der Waals surface area contributed by atoms with Gasteiger partial charge in [-0.25, -0.2) is 4.68 Å². The van der Waals surface area contributed by atoms with E-state index in [4.69, 9.17) is 5.73 Å². The summed E-state index contributed by atoms with van der Waals surface area (Å²) in [6, 6.07) is 7.87. The van der Waals surface area contributed by atoms with Crippen molar-refractivity contribution in [1.29, 1.82) is 0 Å². The minimum absolute atomic E-state index is 0.774. The lowest BCUT2D eigenvalue weighted by Crippen LogP contribution is -2.12. The molecule has 1 aliphatic heterocycles. The lowest BCUT2D eigenvalue weighted by molar-refractivity contribution is 0.345. The molecule has 1 aromatic heterocycles. The molecule has 4 nitrogen and oxygen atoms in total. The van der Waals surface area contributed by atoms with Gasteiger partial charge in [0.2, 0.25) is 0 Å². The molecule has 0 saturated carbocycles. The van der Waals surface area contributed by atoms with E-state index in [1.165, 1.54) is 11.3 Å². The predicted octanol–water partition coefficient (Wildman–Crippen LogP) is 1.71. The summed E-state index contributed by atoms with van der Waals surface area (Å²) in [5, 5.41) is 4.61. The van der Waals surface area contributed by atoms with E-state index in [2.05, 4.69) is 24.0 Å². The molecule has 0 fully saturated rings. The number of nitrogens with zero attached hydrogens (tertiary/aromatic N) is 3. The molecule has 0 spiro atoms.